The van der Waals surface area contributed by atoms with Crippen LogP contribution in [0.2, 0.25) is 0 Å². The fourth-order valence-electron chi connectivity index (χ4n) is 2.22. The van der Waals surface area contributed by atoms with Crippen LogP contribution in [-0.4, -0.2) is 31.1 Å². The standard InChI is InChI=1S/C16H21FN4O3S2/c1-3-4-11(2)15-20-21-16(25-15)19-14(22)9-10-18-26(23,24)13-7-5-12(17)6-8-13/h5-8,11,18H,3-4,9-10H2,1-2H3,(H,19,21,22). The third-order valence-corrected chi connectivity index (χ3v) is 6.15. The largest absolute Gasteiger partial charge is 0.300 e. The van der Waals surface area contributed by atoms with Crippen LogP contribution in [0.4, 0.5) is 9.52 Å². The molecule has 0 saturated heterocycles. The lowest BCUT2D eigenvalue weighted by atomic mass is 10.1. The van der Waals surface area contributed by atoms with Gasteiger partial charge in [0.25, 0.3) is 0 Å². The number of nitrogens with one attached hydrogen (secondary N) is 2. The summed E-state index contributed by atoms with van der Waals surface area (Å²) >= 11 is 1.32. The molecule has 0 spiro atoms. The Morgan fingerprint density at radius 3 is 2.62 bits per heavy atom. The quantitative estimate of drug-likeness (QED) is 0.674. The third-order valence-electron chi connectivity index (χ3n) is 3.60. The van der Waals surface area contributed by atoms with E-state index in [0.717, 1.165) is 42.1 Å². The average molecular weight is 401 g/mol. The Morgan fingerprint density at radius 2 is 1.96 bits per heavy atom. The zero-order valence-electron chi connectivity index (χ0n) is 14.5. The van der Waals surface area contributed by atoms with Crippen molar-refractivity contribution in [1.29, 1.82) is 0 Å². The third kappa shape index (κ3) is 5.82. The van der Waals surface area contributed by atoms with Gasteiger partial charge >= 0.3 is 0 Å². The van der Waals surface area contributed by atoms with Crippen LogP contribution in [0.1, 0.15) is 44.0 Å². The van der Waals surface area contributed by atoms with Crippen LogP contribution in [0.15, 0.2) is 29.2 Å². The second-order valence-corrected chi connectivity index (χ2v) is 8.56. The number of carbonyl (C=O) groups excluding carboxylic acids is 1. The normalized spacial score (nSPS) is 12.7. The van der Waals surface area contributed by atoms with Gasteiger partial charge in [-0.1, -0.05) is 31.6 Å². The van der Waals surface area contributed by atoms with E-state index < -0.39 is 15.8 Å². The van der Waals surface area contributed by atoms with Crippen molar-refractivity contribution in [3.8, 4) is 0 Å². The highest BCUT2D eigenvalue weighted by molar-refractivity contribution is 7.89. The van der Waals surface area contributed by atoms with E-state index in [1.165, 1.54) is 11.3 Å². The summed E-state index contributed by atoms with van der Waals surface area (Å²) in [6.45, 7) is 4.07. The molecule has 10 heteroatoms. The number of aromatic nitrogens is 2. The van der Waals surface area contributed by atoms with Gasteiger partial charge in [-0.25, -0.2) is 17.5 Å². The number of carbonyl (C=O) groups is 1. The fourth-order valence-corrected chi connectivity index (χ4v) is 4.10. The number of anilines is 1. The van der Waals surface area contributed by atoms with Crippen molar-refractivity contribution in [3.05, 3.63) is 35.1 Å². The Balaban J connectivity index is 1.82. The van der Waals surface area contributed by atoms with Gasteiger partial charge in [-0.05, 0) is 30.7 Å². The van der Waals surface area contributed by atoms with Gasteiger partial charge in [-0.15, -0.1) is 10.2 Å². The molecule has 0 radical (unpaired) electrons. The van der Waals surface area contributed by atoms with Crippen LogP contribution in [0, 0.1) is 5.82 Å². The lowest BCUT2D eigenvalue weighted by molar-refractivity contribution is -0.116. The average Bonchev–Trinajstić information content (AvgIpc) is 3.04. The van der Waals surface area contributed by atoms with E-state index >= 15 is 0 Å². The summed E-state index contributed by atoms with van der Waals surface area (Å²) in [5.41, 5.74) is 0. The van der Waals surface area contributed by atoms with Crippen LogP contribution in [0.5, 0.6) is 0 Å². The minimum Gasteiger partial charge on any atom is -0.300 e. The number of nitrogens with zero attached hydrogens (tertiary/aromatic N) is 2. The minimum atomic E-state index is -3.78. The SMILES string of the molecule is CCCC(C)c1nnc(NC(=O)CCNS(=O)(=O)c2ccc(F)cc2)s1. The molecule has 0 fully saturated rings. The van der Waals surface area contributed by atoms with Crippen molar-refractivity contribution in [3.63, 3.8) is 0 Å². The maximum Gasteiger partial charge on any atom is 0.240 e. The van der Waals surface area contributed by atoms with Gasteiger partial charge in [0.15, 0.2) is 0 Å². The molecule has 0 saturated carbocycles. The second-order valence-electron chi connectivity index (χ2n) is 5.79. The van der Waals surface area contributed by atoms with E-state index in [9.17, 15) is 17.6 Å². The molecular formula is C16H21FN4O3S2. The summed E-state index contributed by atoms with van der Waals surface area (Å²) in [5.74, 6) is -0.601. The van der Waals surface area contributed by atoms with Crippen LogP contribution in [0.25, 0.3) is 0 Å². The van der Waals surface area contributed by atoms with Gasteiger partial charge in [0.2, 0.25) is 21.1 Å². The number of halogens is 1. The number of hydrogen-bond acceptors (Lipinski definition) is 6. The molecule has 0 bridgehead atoms. The number of hydrogen-bond donors (Lipinski definition) is 2. The lowest BCUT2D eigenvalue weighted by Crippen LogP contribution is -2.27. The Bertz CT molecular complexity index is 837. The molecule has 1 atom stereocenters. The van der Waals surface area contributed by atoms with Crippen molar-refractivity contribution >= 4 is 32.4 Å². The van der Waals surface area contributed by atoms with E-state index in [1.807, 2.05) is 0 Å². The zero-order valence-corrected chi connectivity index (χ0v) is 16.2. The molecule has 0 aliphatic rings. The summed E-state index contributed by atoms with van der Waals surface area (Å²) in [7, 11) is -3.78. The topological polar surface area (TPSA) is 101 Å². The molecule has 1 aromatic heterocycles. The van der Waals surface area contributed by atoms with E-state index in [1.54, 1.807) is 0 Å². The van der Waals surface area contributed by atoms with Crippen molar-refractivity contribution in [1.82, 2.24) is 14.9 Å². The summed E-state index contributed by atoms with van der Waals surface area (Å²) in [4.78, 5) is 11.9. The van der Waals surface area contributed by atoms with Crippen molar-refractivity contribution in [2.24, 2.45) is 0 Å². The molecule has 1 aromatic carbocycles. The van der Waals surface area contributed by atoms with Crippen LogP contribution in [-0.2, 0) is 14.8 Å². The smallest absolute Gasteiger partial charge is 0.240 e. The summed E-state index contributed by atoms with van der Waals surface area (Å²) in [5, 5.41) is 11.9. The van der Waals surface area contributed by atoms with Crippen molar-refractivity contribution in [2.75, 3.05) is 11.9 Å². The molecular weight excluding hydrogens is 379 g/mol. The van der Waals surface area contributed by atoms with Gasteiger partial charge in [-0.3, -0.25) is 4.79 Å². The number of amides is 1. The molecule has 26 heavy (non-hydrogen) atoms. The zero-order chi connectivity index (χ0) is 19.2. The van der Waals surface area contributed by atoms with Gasteiger partial charge in [0.1, 0.15) is 10.8 Å². The Hall–Kier alpha value is -1.91. The first kappa shape index (κ1) is 20.4. The van der Waals surface area contributed by atoms with Gasteiger partial charge in [-0.2, -0.15) is 0 Å². The predicted molar refractivity (Wildman–Crippen MR) is 98.1 cm³/mol. The maximum atomic E-state index is 12.9. The Morgan fingerprint density at radius 1 is 1.27 bits per heavy atom. The van der Waals surface area contributed by atoms with Crippen molar-refractivity contribution in [2.45, 2.75) is 43.9 Å². The summed E-state index contributed by atoms with van der Waals surface area (Å²) in [6, 6.07) is 4.46. The van der Waals surface area contributed by atoms with Crippen LogP contribution >= 0.6 is 11.3 Å². The van der Waals surface area contributed by atoms with E-state index in [2.05, 4.69) is 34.1 Å². The highest BCUT2D eigenvalue weighted by Gasteiger charge is 2.16. The molecule has 7 nitrogen and oxygen atoms in total. The Kier molecular flexibility index (Phi) is 7.18. The first-order valence-electron chi connectivity index (χ1n) is 8.20. The number of sulfonamides is 1. The molecule has 1 amide bonds. The van der Waals surface area contributed by atoms with E-state index in [4.69, 9.17) is 0 Å². The van der Waals surface area contributed by atoms with Crippen molar-refractivity contribution < 1.29 is 17.6 Å². The summed E-state index contributed by atoms with van der Waals surface area (Å²) < 4.78 is 39.2. The molecule has 2 rings (SSSR count). The highest BCUT2D eigenvalue weighted by Crippen LogP contribution is 2.26. The maximum absolute atomic E-state index is 12.9. The molecule has 2 N–H and O–H groups in total. The van der Waals surface area contributed by atoms with Crippen LogP contribution in [0.3, 0.4) is 0 Å². The van der Waals surface area contributed by atoms with Gasteiger partial charge in [0.05, 0.1) is 4.90 Å². The molecule has 2 aromatic rings. The van der Waals surface area contributed by atoms with Crippen LogP contribution < -0.4 is 10.0 Å². The van der Waals surface area contributed by atoms with Gasteiger partial charge < -0.3 is 5.32 Å². The van der Waals surface area contributed by atoms with E-state index in [-0.39, 0.29) is 29.7 Å². The Labute approximate surface area is 156 Å². The summed E-state index contributed by atoms with van der Waals surface area (Å²) in [6.07, 6.45) is 1.98. The predicted octanol–water partition coefficient (Wildman–Crippen LogP) is 2.89. The molecule has 0 aliphatic carbocycles. The second kappa shape index (κ2) is 9.15. The number of benzene rings is 1. The van der Waals surface area contributed by atoms with E-state index in [0.29, 0.717) is 5.13 Å². The first-order valence-corrected chi connectivity index (χ1v) is 10.5. The number of rotatable bonds is 9. The molecule has 142 valence electrons. The fraction of sp³-hybridized carbons (Fsp3) is 0.438. The monoisotopic (exact) mass is 400 g/mol. The minimum absolute atomic E-state index is 0.0557. The molecule has 1 heterocycles. The lowest BCUT2D eigenvalue weighted by Gasteiger charge is -2.06. The molecule has 0 aliphatic heterocycles. The van der Waals surface area contributed by atoms with Gasteiger partial charge in [0, 0.05) is 18.9 Å². The highest BCUT2D eigenvalue weighted by atomic mass is 32.2. The first-order chi connectivity index (χ1) is 12.3. The molecule has 1 unspecified atom stereocenters.